The van der Waals surface area contributed by atoms with Crippen LogP contribution in [0.4, 0.5) is 5.82 Å². The highest BCUT2D eigenvalue weighted by atomic mass is 16.5. The molecule has 0 saturated heterocycles. The van der Waals surface area contributed by atoms with E-state index >= 15 is 0 Å². The molecule has 19 heavy (non-hydrogen) atoms. The number of pyridine rings is 1. The van der Waals surface area contributed by atoms with Crippen LogP contribution in [0, 0.1) is 0 Å². The molecule has 1 heterocycles. The number of hydrogen-bond donors (Lipinski definition) is 1. The van der Waals surface area contributed by atoms with Crippen molar-refractivity contribution in [3.8, 4) is 16.9 Å². The van der Waals surface area contributed by atoms with Crippen molar-refractivity contribution in [2.24, 2.45) is 0 Å². The molecular formula is C16H14N2O. The number of nitrogens with zero attached hydrogens (tertiary/aromatic N) is 1. The van der Waals surface area contributed by atoms with Gasteiger partial charge in [0.2, 0.25) is 0 Å². The lowest BCUT2D eigenvalue weighted by Crippen LogP contribution is -1.90. The predicted octanol–water partition coefficient (Wildman–Crippen LogP) is 3.49. The Morgan fingerprint density at radius 1 is 0.947 bits per heavy atom. The quantitative estimate of drug-likeness (QED) is 0.757. The van der Waals surface area contributed by atoms with Crippen LogP contribution in [-0.4, -0.2) is 12.1 Å². The smallest absolute Gasteiger partial charge is 0.126 e. The van der Waals surface area contributed by atoms with Gasteiger partial charge in [0.15, 0.2) is 0 Å². The van der Waals surface area contributed by atoms with Gasteiger partial charge in [0.05, 0.1) is 7.11 Å². The van der Waals surface area contributed by atoms with Crippen LogP contribution in [0.3, 0.4) is 0 Å². The Morgan fingerprint density at radius 2 is 1.74 bits per heavy atom. The summed E-state index contributed by atoms with van der Waals surface area (Å²) in [5.74, 6) is 1.41. The third-order valence-electron chi connectivity index (χ3n) is 3.20. The number of fused-ring (bicyclic) bond motifs is 1. The van der Waals surface area contributed by atoms with Gasteiger partial charge in [-0.2, -0.15) is 0 Å². The number of ether oxygens (including phenoxy) is 1. The highest BCUT2D eigenvalue weighted by molar-refractivity contribution is 6.00. The maximum atomic E-state index is 5.63. The van der Waals surface area contributed by atoms with Crippen molar-refractivity contribution in [1.82, 2.24) is 4.98 Å². The summed E-state index contributed by atoms with van der Waals surface area (Å²) in [6, 6.07) is 16.0. The van der Waals surface area contributed by atoms with Gasteiger partial charge in [-0.3, -0.25) is 0 Å². The number of hydrogen-bond acceptors (Lipinski definition) is 3. The first-order chi connectivity index (χ1) is 9.29. The van der Waals surface area contributed by atoms with E-state index in [-0.39, 0.29) is 0 Å². The Morgan fingerprint density at radius 3 is 2.42 bits per heavy atom. The maximum Gasteiger partial charge on any atom is 0.126 e. The van der Waals surface area contributed by atoms with Crippen molar-refractivity contribution >= 4 is 16.6 Å². The van der Waals surface area contributed by atoms with E-state index < -0.39 is 0 Å². The van der Waals surface area contributed by atoms with Gasteiger partial charge >= 0.3 is 0 Å². The highest BCUT2D eigenvalue weighted by Crippen LogP contribution is 2.34. The number of nitrogens with two attached hydrogens (primary N) is 1. The Kier molecular flexibility index (Phi) is 2.80. The normalized spacial score (nSPS) is 10.6. The van der Waals surface area contributed by atoms with E-state index in [0.29, 0.717) is 5.82 Å². The van der Waals surface area contributed by atoms with Crippen LogP contribution in [0.1, 0.15) is 0 Å². The van der Waals surface area contributed by atoms with E-state index in [4.69, 9.17) is 10.5 Å². The van der Waals surface area contributed by atoms with Crippen LogP contribution in [0.5, 0.6) is 5.75 Å². The van der Waals surface area contributed by atoms with Gasteiger partial charge in [0.1, 0.15) is 11.6 Å². The maximum absolute atomic E-state index is 5.63. The molecule has 2 aromatic carbocycles. The molecule has 0 bridgehead atoms. The van der Waals surface area contributed by atoms with E-state index in [1.165, 1.54) is 0 Å². The molecule has 0 unspecified atom stereocenters. The van der Waals surface area contributed by atoms with Gasteiger partial charge in [-0.1, -0.05) is 24.3 Å². The lowest BCUT2D eigenvalue weighted by Gasteiger charge is -2.10. The second kappa shape index (κ2) is 4.61. The summed E-state index contributed by atoms with van der Waals surface area (Å²) < 4.78 is 5.40. The summed E-state index contributed by atoms with van der Waals surface area (Å²) in [5, 5.41) is 2.24. The SMILES string of the molecule is COc1ccc(-c2ccc(N)nc2)c2ccccc12. The molecule has 2 N–H and O–H groups in total. The highest BCUT2D eigenvalue weighted by Gasteiger charge is 2.07. The van der Waals surface area contributed by atoms with Crippen molar-refractivity contribution in [2.45, 2.75) is 0 Å². The van der Waals surface area contributed by atoms with Gasteiger partial charge in [0.25, 0.3) is 0 Å². The minimum absolute atomic E-state index is 0.529. The number of rotatable bonds is 2. The fourth-order valence-corrected chi connectivity index (χ4v) is 2.27. The number of benzene rings is 2. The molecular weight excluding hydrogens is 236 g/mol. The monoisotopic (exact) mass is 250 g/mol. The summed E-state index contributed by atoms with van der Waals surface area (Å²) in [4.78, 5) is 4.15. The Hall–Kier alpha value is -2.55. The topological polar surface area (TPSA) is 48.1 Å². The fourth-order valence-electron chi connectivity index (χ4n) is 2.27. The molecule has 0 spiro atoms. The predicted molar refractivity (Wildman–Crippen MR) is 78.1 cm³/mol. The lowest BCUT2D eigenvalue weighted by atomic mass is 9.99. The Labute approximate surface area is 111 Å². The summed E-state index contributed by atoms with van der Waals surface area (Å²) in [7, 11) is 1.69. The number of methoxy groups -OCH3 is 1. The van der Waals surface area contributed by atoms with Crippen LogP contribution in [0.2, 0.25) is 0 Å². The zero-order chi connectivity index (χ0) is 13.2. The van der Waals surface area contributed by atoms with E-state index in [0.717, 1.165) is 27.6 Å². The molecule has 0 fully saturated rings. The van der Waals surface area contributed by atoms with E-state index in [2.05, 4.69) is 17.1 Å². The number of anilines is 1. The molecule has 3 nitrogen and oxygen atoms in total. The second-order valence-electron chi connectivity index (χ2n) is 4.33. The molecule has 94 valence electrons. The van der Waals surface area contributed by atoms with Gasteiger partial charge in [-0.05, 0) is 35.2 Å². The summed E-state index contributed by atoms with van der Waals surface area (Å²) in [6.07, 6.45) is 1.80. The summed E-state index contributed by atoms with van der Waals surface area (Å²) in [5.41, 5.74) is 7.81. The second-order valence-corrected chi connectivity index (χ2v) is 4.33. The Bertz CT molecular complexity index is 720. The van der Waals surface area contributed by atoms with Gasteiger partial charge < -0.3 is 10.5 Å². The van der Waals surface area contributed by atoms with Gasteiger partial charge in [-0.15, -0.1) is 0 Å². The molecule has 0 amide bonds. The average Bonchev–Trinajstić information content (AvgIpc) is 2.47. The fraction of sp³-hybridized carbons (Fsp3) is 0.0625. The van der Waals surface area contributed by atoms with E-state index in [9.17, 15) is 0 Å². The third-order valence-corrected chi connectivity index (χ3v) is 3.20. The van der Waals surface area contributed by atoms with Crippen LogP contribution in [0.25, 0.3) is 21.9 Å². The summed E-state index contributed by atoms with van der Waals surface area (Å²) in [6.45, 7) is 0. The standard InChI is InChI=1S/C16H14N2O/c1-19-15-8-7-12(11-6-9-16(17)18-10-11)13-4-2-3-5-14(13)15/h2-10H,1H3,(H2,17,18). The zero-order valence-corrected chi connectivity index (χ0v) is 10.6. The zero-order valence-electron chi connectivity index (χ0n) is 10.6. The largest absolute Gasteiger partial charge is 0.496 e. The minimum Gasteiger partial charge on any atom is -0.496 e. The van der Waals surface area contributed by atoms with Gasteiger partial charge in [-0.25, -0.2) is 4.98 Å². The summed E-state index contributed by atoms with van der Waals surface area (Å²) >= 11 is 0. The van der Waals surface area contributed by atoms with Crippen LogP contribution in [0.15, 0.2) is 54.7 Å². The van der Waals surface area contributed by atoms with Crippen molar-refractivity contribution < 1.29 is 4.74 Å². The van der Waals surface area contributed by atoms with Crippen LogP contribution >= 0.6 is 0 Å². The molecule has 0 aliphatic carbocycles. The molecule has 3 heteroatoms. The molecule has 0 aliphatic rings. The average molecular weight is 250 g/mol. The Balaban J connectivity index is 2.27. The molecule has 0 atom stereocenters. The van der Waals surface area contributed by atoms with Crippen molar-refractivity contribution in [1.29, 1.82) is 0 Å². The van der Waals surface area contributed by atoms with Crippen molar-refractivity contribution in [3.63, 3.8) is 0 Å². The molecule has 1 aromatic heterocycles. The number of aromatic nitrogens is 1. The van der Waals surface area contributed by atoms with E-state index in [1.807, 2.05) is 36.4 Å². The molecule has 0 saturated carbocycles. The van der Waals surface area contributed by atoms with Crippen molar-refractivity contribution in [2.75, 3.05) is 12.8 Å². The molecule has 3 rings (SSSR count). The first-order valence-corrected chi connectivity index (χ1v) is 6.07. The minimum atomic E-state index is 0.529. The van der Waals surface area contributed by atoms with Crippen LogP contribution in [-0.2, 0) is 0 Å². The van der Waals surface area contributed by atoms with E-state index in [1.54, 1.807) is 13.3 Å². The lowest BCUT2D eigenvalue weighted by molar-refractivity contribution is 0.420. The molecule has 0 aliphatic heterocycles. The first kappa shape index (κ1) is 11.5. The van der Waals surface area contributed by atoms with Gasteiger partial charge in [0, 0.05) is 17.1 Å². The molecule has 0 radical (unpaired) electrons. The van der Waals surface area contributed by atoms with Crippen molar-refractivity contribution in [3.05, 3.63) is 54.7 Å². The molecule has 3 aromatic rings. The van der Waals surface area contributed by atoms with Crippen LogP contribution < -0.4 is 10.5 Å². The number of nitrogen functional groups attached to an aromatic ring is 1. The first-order valence-electron chi connectivity index (χ1n) is 6.07. The third kappa shape index (κ3) is 1.99.